The molecule has 11 heteroatoms. The SMILES string of the molecule is NCC(=O)NC(CCCN=C(N)N)C(=O)Nc1ccc([N+](=O)[O-])cc1. The number of guanidine groups is 1. The van der Waals surface area contributed by atoms with Crippen molar-refractivity contribution < 1.29 is 14.5 Å². The van der Waals surface area contributed by atoms with E-state index in [1.807, 2.05) is 0 Å². The van der Waals surface area contributed by atoms with Gasteiger partial charge in [0, 0.05) is 24.4 Å². The van der Waals surface area contributed by atoms with Crippen LogP contribution in [0.5, 0.6) is 0 Å². The number of nitro benzene ring substituents is 1. The fraction of sp³-hybridized carbons (Fsp3) is 0.357. The van der Waals surface area contributed by atoms with E-state index in [2.05, 4.69) is 15.6 Å². The summed E-state index contributed by atoms with van der Waals surface area (Å²) in [6.07, 6.45) is 0.752. The van der Waals surface area contributed by atoms with Crippen LogP contribution in [0.2, 0.25) is 0 Å². The molecule has 136 valence electrons. The van der Waals surface area contributed by atoms with E-state index in [9.17, 15) is 19.7 Å². The van der Waals surface area contributed by atoms with Crippen LogP contribution in [0.1, 0.15) is 12.8 Å². The van der Waals surface area contributed by atoms with Crippen LogP contribution in [0.4, 0.5) is 11.4 Å². The van der Waals surface area contributed by atoms with E-state index in [-0.39, 0.29) is 18.2 Å². The van der Waals surface area contributed by atoms with Gasteiger partial charge < -0.3 is 27.8 Å². The predicted molar refractivity (Wildman–Crippen MR) is 92.6 cm³/mol. The summed E-state index contributed by atoms with van der Waals surface area (Å²) < 4.78 is 0. The molecule has 0 heterocycles. The molecule has 1 aromatic carbocycles. The summed E-state index contributed by atoms with van der Waals surface area (Å²) >= 11 is 0. The topological polar surface area (TPSA) is 192 Å². The van der Waals surface area contributed by atoms with Gasteiger partial charge in [0.25, 0.3) is 5.69 Å². The Balaban J connectivity index is 2.71. The second-order valence-electron chi connectivity index (χ2n) is 5.07. The van der Waals surface area contributed by atoms with Crippen molar-refractivity contribution in [1.29, 1.82) is 0 Å². The summed E-state index contributed by atoms with van der Waals surface area (Å²) in [4.78, 5) is 37.7. The molecule has 0 bridgehead atoms. The number of rotatable bonds is 9. The fourth-order valence-electron chi connectivity index (χ4n) is 1.92. The van der Waals surface area contributed by atoms with Crippen molar-refractivity contribution in [3.05, 3.63) is 34.4 Å². The summed E-state index contributed by atoms with van der Waals surface area (Å²) in [6, 6.07) is 4.50. The number of nitro groups is 1. The van der Waals surface area contributed by atoms with Crippen molar-refractivity contribution in [2.45, 2.75) is 18.9 Å². The number of nitrogens with one attached hydrogen (secondary N) is 2. The summed E-state index contributed by atoms with van der Waals surface area (Å²) in [5.74, 6) is -1.01. The van der Waals surface area contributed by atoms with Crippen molar-refractivity contribution in [3.63, 3.8) is 0 Å². The maximum absolute atomic E-state index is 12.3. The number of nitrogens with two attached hydrogens (primary N) is 3. The highest BCUT2D eigenvalue weighted by molar-refractivity contribution is 5.97. The summed E-state index contributed by atoms with van der Waals surface area (Å²) in [5, 5.41) is 15.7. The van der Waals surface area contributed by atoms with Gasteiger partial charge in [-0.15, -0.1) is 0 Å². The van der Waals surface area contributed by atoms with E-state index in [0.29, 0.717) is 25.1 Å². The van der Waals surface area contributed by atoms with Gasteiger partial charge >= 0.3 is 0 Å². The molecule has 2 amide bonds. The maximum Gasteiger partial charge on any atom is 0.269 e. The minimum absolute atomic E-state index is 0.0575. The number of hydrogen-bond donors (Lipinski definition) is 5. The standard InChI is InChI=1S/C14H21N7O4/c15-8-12(22)20-11(2-1-7-18-14(16)17)13(23)19-9-3-5-10(6-4-9)21(24)25/h3-6,11H,1-2,7-8,15H2,(H,19,23)(H,20,22)(H4,16,17,18). The third kappa shape index (κ3) is 7.26. The van der Waals surface area contributed by atoms with Gasteiger partial charge in [-0.3, -0.25) is 24.7 Å². The Morgan fingerprint density at radius 2 is 1.88 bits per heavy atom. The van der Waals surface area contributed by atoms with Gasteiger partial charge in [-0.1, -0.05) is 0 Å². The number of benzene rings is 1. The first-order valence-corrected chi connectivity index (χ1v) is 7.43. The molecule has 0 spiro atoms. The molecular weight excluding hydrogens is 330 g/mol. The number of aliphatic imine (C=N–C) groups is 1. The molecule has 0 aliphatic rings. The zero-order valence-corrected chi connectivity index (χ0v) is 13.5. The van der Waals surface area contributed by atoms with Crippen LogP contribution in [-0.4, -0.2) is 41.8 Å². The fourth-order valence-corrected chi connectivity index (χ4v) is 1.92. The molecular formula is C14H21N7O4. The lowest BCUT2D eigenvalue weighted by molar-refractivity contribution is -0.384. The van der Waals surface area contributed by atoms with E-state index in [4.69, 9.17) is 17.2 Å². The molecule has 0 saturated carbocycles. The molecule has 0 radical (unpaired) electrons. The highest BCUT2D eigenvalue weighted by Gasteiger charge is 2.20. The highest BCUT2D eigenvalue weighted by atomic mass is 16.6. The average molecular weight is 351 g/mol. The zero-order chi connectivity index (χ0) is 18.8. The predicted octanol–water partition coefficient (Wildman–Crippen LogP) is -0.970. The quantitative estimate of drug-likeness (QED) is 0.124. The first kappa shape index (κ1) is 19.8. The molecule has 1 unspecified atom stereocenters. The van der Waals surface area contributed by atoms with E-state index in [0.717, 1.165) is 0 Å². The summed E-state index contributed by atoms with van der Waals surface area (Å²) in [5.41, 5.74) is 16.0. The molecule has 0 aromatic heterocycles. The minimum Gasteiger partial charge on any atom is -0.370 e. The first-order valence-electron chi connectivity index (χ1n) is 7.43. The van der Waals surface area contributed by atoms with E-state index >= 15 is 0 Å². The van der Waals surface area contributed by atoms with Crippen LogP contribution in [0.25, 0.3) is 0 Å². The number of carbonyl (C=O) groups is 2. The van der Waals surface area contributed by atoms with Gasteiger partial charge in [0.15, 0.2) is 5.96 Å². The smallest absolute Gasteiger partial charge is 0.269 e. The Labute approximate surface area is 143 Å². The lowest BCUT2D eigenvalue weighted by Crippen LogP contribution is -2.46. The van der Waals surface area contributed by atoms with Crippen molar-refractivity contribution in [2.24, 2.45) is 22.2 Å². The molecule has 1 atom stereocenters. The highest BCUT2D eigenvalue weighted by Crippen LogP contribution is 2.16. The van der Waals surface area contributed by atoms with E-state index < -0.39 is 22.8 Å². The molecule has 0 saturated heterocycles. The largest absolute Gasteiger partial charge is 0.370 e. The normalized spacial score (nSPS) is 11.2. The Hall–Kier alpha value is -3.21. The van der Waals surface area contributed by atoms with E-state index in [1.54, 1.807) is 0 Å². The van der Waals surface area contributed by atoms with Crippen LogP contribution in [0, 0.1) is 10.1 Å². The van der Waals surface area contributed by atoms with Gasteiger partial charge in [-0.25, -0.2) is 0 Å². The molecule has 11 nitrogen and oxygen atoms in total. The zero-order valence-electron chi connectivity index (χ0n) is 13.5. The van der Waals surface area contributed by atoms with E-state index in [1.165, 1.54) is 24.3 Å². The summed E-state index contributed by atoms with van der Waals surface area (Å²) in [6.45, 7) is 0.0529. The summed E-state index contributed by atoms with van der Waals surface area (Å²) in [7, 11) is 0. The average Bonchev–Trinajstić information content (AvgIpc) is 2.57. The second kappa shape index (κ2) is 9.82. The van der Waals surface area contributed by atoms with Gasteiger partial charge in [0.2, 0.25) is 11.8 Å². The Bertz CT molecular complexity index is 641. The Morgan fingerprint density at radius 1 is 1.24 bits per heavy atom. The number of carbonyl (C=O) groups excluding carboxylic acids is 2. The molecule has 25 heavy (non-hydrogen) atoms. The Morgan fingerprint density at radius 3 is 2.40 bits per heavy atom. The number of anilines is 1. The van der Waals surface area contributed by atoms with Crippen LogP contribution in [-0.2, 0) is 9.59 Å². The molecule has 0 aliphatic carbocycles. The molecule has 1 rings (SSSR count). The molecule has 0 fully saturated rings. The van der Waals surface area contributed by atoms with Gasteiger partial charge in [0.1, 0.15) is 6.04 Å². The molecule has 8 N–H and O–H groups in total. The van der Waals surface area contributed by atoms with Crippen LogP contribution in [0.15, 0.2) is 29.3 Å². The van der Waals surface area contributed by atoms with Crippen molar-refractivity contribution in [3.8, 4) is 0 Å². The van der Waals surface area contributed by atoms with Crippen molar-refractivity contribution in [1.82, 2.24) is 5.32 Å². The monoisotopic (exact) mass is 351 g/mol. The third-order valence-electron chi connectivity index (χ3n) is 3.13. The maximum atomic E-state index is 12.3. The van der Waals surface area contributed by atoms with Gasteiger partial charge in [0.05, 0.1) is 11.5 Å². The minimum atomic E-state index is -0.833. The first-order chi connectivity index (χ1) is 11.8. The number of amides is 2. The van der Waals surface area contributed by atoms with Crippen molar-refractivity contribution >= 4 is 29.1 Å². The van der Waals surface area contributed by atoms with Gasteiger partial charge in [-0.05, 0) is 25.0 Å². The van der Waals surface area contributed by atoms with Crippen LogP contribution in [0.3, 0.4) is 0 Å². The third-order valence-corrected chi connectivity index (χ3v) is 3.13. The number of non-ortho nitro benzene ring substituents is 1. The van der Waals surface area contributed by atoms with Crippen molar-refractivity contribution in [2.75, 3.05) is 18.4 Å². The molecule has 1 aromatic rings. The molecule has 0 aliphatic heterocycles. The number of nitrogens with zero attached hydrogens (tertiary/aromatic N) is 2. The number of hydrogen-bond acceptors (Lipinski definition) is 6. The second-order valence-corrected chi connectivity index (χ2v) is 5.07. The lowest BCUT2D eigenvalue weighted by Gasteiger charge is -2.18. The van der Waals surface area contributed by atoms with Crippen LogP contribution < -0.4 is 27.8 Å². The lowest BCUT2D eigenvalue weighted by atomic mass is 10.1. The van der Waals surface area contributed by atoms with Gasteiger partial charge in [-0.2, -0.15) is 0 Å². The van der Waals surface area contributed by atoms with Crippen LogP contribution >= 0.6 is 0 Å². The Kier molecular flexibility index (Phi) is 7.79.